The van der Waals surface area contributed by atoms with Crippen LogP contribution >= 0.6 is 0 Å². The highest BCUT2D eigenvalue weighted by atomic mass is 16.5. The van der Waals surface area contributed by atoms with Gasteiger partial charge in [-0.15, -0.1) is 0 Å². The minimum Gasteiger partial charge on any atom is -0.481 e. The average Bonchev–Trinajstić information content (AvgIpc) is 2.54. The van der Waals surface area contributed by atoms with Crippen LogP contribution in [0.15, 0.2) is 60.8 Å². The number of benzene rings is 2. The first-order valence-electron chi connectivity index (χ1n) is 6.56. The molecule has 104 valence electrons. The molecule has 4 nitrogen and oxygen atoms in total. The summed E-state index contributed by atoms with van der Waals surface area (Å²) in [6.07, 6.45) is 1.55. The van der Waals surface area contributed by atoms with E-state index in [1.165, 1.54) is 7.11 Å². The fourth-order valence-corrected chi connectivity index (χ4v) is 2.13. The highest BCUT2D eigenvalue weighted by molar-refractivity contribution is 6.05. The Hall–Kier alpha value is -2.88. The predicted molar refractivity (Wildman–Crippen MR) is 82.7 cm³/mol. The lowest BCUT2D eigenvalue weighted by Crippen LogP contribution is -2.12. The number of hydrogen-bond acceptors (Lipinski definition) is 3. The molecule has 0 spiro atoms. The van der Waals surface area contributed by atoms with Gasteiger partial charge >= 0.3 is 0 Å². The van der Waals surface area contributed by atoms with Gasteiger partial charge in [0.1, 0.15) is 0 Å². The van der Waals surface area contributed by atoms with E-state index in [-0.39, 0.29) is 5.91 Å². The quantitative estimate of drug-likeness (QED) is 0.797. The molecule has 0 saturated heterocycles. The molecule has 0 bridgehead atoms. The number of carbonyl (C=O) groups excluding carboxylic acids is 1. The van der Waals surface area contributed by atoms with Crippen LogP contribution in [0.5, 0.6) is 5.88 Å². The number of fused-ring (bicyclic) bond motifs is 1. The Labute approximate surface area is 122 Å². The van der Waals surface area contributed by atoms with Gasteiger partial charge in [-0.05, 0) is 29.0 Å². The Morgan fingerprint density at radius 2 is 1.86 bits per heavy atom. The van der Waals surface area contributed by atoms with Crippen LogP contribution in [0, 0.1) is 0 Å². The van der Waals surface area contributed by atoms with Crippen molar-refractivity contribution < 1.29 is 9.53 Å². The van der Waals surface area contributed by atoms with Crippen molar-refractivity contribution in [3.8, 4) is 5.88 Å². The largest absolute Gasteiger partial charge is 0.481 e. The van der Waals surface area contributed by atoms with Crippen LogP contribution in [0.3, 0.4) is 0 Å². The molecule has 21 heavy (non-hydrogen) atoms. The lowest BCUT2D eigenvalue weighted by atomic mass is 10.1. The van der Waals surface area contributed by atoms with E-state index >= 15 is 0 Å². The van der Waals surface area contributed by atoms with Gasteiger partial charge in [0.15, 0.2) is 0 Å². The normalized spacial score (nSPS) is 10.3. The minimum absolute atomic E-state index is 0.189. The lowest BCUT2D eigenvalue weighted by Gasteiger charge is -2.07. The van der Waals surface area contributed by atoms with Crippen LogP contribution in [-0.4, -0.2) is 18.0 Å². The van der Waals surface area contributed by atoms with E-state index in [4.69, 9.17) is 4.74 Å². The molecule has 0 atom stereocenters. The van der Waals surface area contributed by atoms with Gasteiger partial charge in [-0.3, -0.25) is 4.79 Å². The van der Waals surface area contributed by atoms with Crippen molar-refractivity contribution in [1.82, 2.24) is 4.98 Å². The highest BCUT2D eigenvalue weighted by Crippen LogP contribution is 2.19. The summed E-state index contributed by atoms with van der Waals surface area (Å²) in [6.45, 7) is 0. The Morgan fingerprint density at radius 3 is 2.67 bits per heavy atom. The fraction of sp³-hybridized carbons (Fsp3) is 0.0588. The molecular formula is C17H14N2O2. The van der Waals surface area contributed by atoms with Crippen molar-refractivity contribution >= 4 is 22.4 Å². The van der Waals surface area contributed by atoms with Gasteiger partial charge in [0, 0.05) is 23.5 Å². The van der Waals surface area contributed by atoms with E-state index < -0.39 is 0 Å². The highest BCUT2D eigenvalue weighted by Gasteiger charge is 2.08. The van der Waals surface area contributed by atoms with E-state index in [0.29, 0.717) is 11.4 Å². The molecule has 3 aromatic rings. The Kier molecular flexibility index (Phi) is 3.51. The maximum atomic E-state index is 12.2. The summed E-state index contributed by atoms with van der Waals surface area (Å²) in [4.78, 5) is 16.2. The molecule has 0 aliphatic rings. The molecule has 2 aromatic carbocycles. The maximum absolute atomic E-state index is 12.2. The van der Waals surface area contributed by atoms with Crippen LogP contribution in [0.4, 0.5) is 5.69 Å². The number of aromatic nitrogens is 1. The number of anilines is 1. The summed E-state index contributed by atoms with van der Waals surface area (Å²) >= 11 is 0. The number of nitrogens with one attached hydrogen (secondary N) is 1. The molecule has 0 aliphatic carbocycles. The first-order chi connectivity index (χ1) is 10.3. The van der Waals surface area contributed by atoms with Crippen LogP contribution in [-0.2, 0) is 0 Å². The van der Waals surface area contributed by atoms with Gasteiger partial charge in [0.05, 0.1) is 7.11 Å². The van der Waals surface area contributed by atoms with Crippen LogP contribution in [0.2, 0.25) is 0 Å². The zero-order chi connectivity index (χ0) is 14.7. The molecule has 1 heterocycles. The lowest BCUT2D eigenvalue weighted by molar-refractivity contribution is 0.102. The summed E-state index contributed by atoms with van der Waals surface area (Å²) < 4.78 is 5.02. The number of pyridine rings is 1. The molecule has 0 aliphatic heterocycles. The standard InChI is InChI=1S/C17H14N2O2/c1-21-16-11-14(8-9-18-16)17(20)19-15-7-6-12-4-2-3-5-13(12)10-15/h2-11H,1H3,(H,19,20). The smallest absolute Gasteiger partial charge is 0.255 e. The van der Waals surface area contributed by atoms with Crippen molar-refractivity contribution in [1.29, 1.82) is 0 Å². The molecular weight excluding hydrogens is 264 g/mol. The van der Waals surface area contributed by atoms with E-state index in [0.717, 1.165) is 16.5 Å². The predicted octanol–water partition coefficient (Wildman–Crippen LogP) is 3.50. The van der Waals surface area contributed by atoms with Gasteiger partial charge in [-0.25, -0.2) is 4.98 Å². The monoisotopic (exact) mass is 278 g/mol. The topological polar surface area (TPSA) is 51.2 Å². The first-order valence-corrected chi connectivity index (χ1v) is 6.56. The minimum atomic E-state index is -0.189. The second kappa shape index (κ2) is 5.63. The number of nitrogens with zero attached hydrogens (tertiary/aromatic N) is 1. The molecule has 1 aromatic heterocycles. The van der Waals surface area contributed by atoms with Crippen molar-refractivity contribution in [2.75, 3.05) is 12.4 Å². The van der Waals surface area contributed by atoms with Crippen molar-refractivity contribution in [2.24, 2.45) is 0 Å². The van der Waals surface area contributed by atoms with E-state index in [2.05, 4.69) is 10.3 Å². The number of ether oxygens (including phenoxy) is 1. The van der Waals surface area contributed by atoms with Gasteiger partial charge < -0.3 is 10.1 Å². The summed E-state index contributed by atoms with van der Waals surface area (Å²) in [7, 11) is 1.52. The van der Waals surface area contributed by atoms with E-state index in [1.807, 2.05) is 42.5 Å². The Bertz CT molecular complexity index is 799. The van der Waals surface area contributed by atoms with E-state index in [1.54, 1.807) is 18.3 Å². The zero-order valence-electron chi connectivity index (χ0n) is 11.5. The number of methoxy groups -OCH3 is 1. The third-order valence-corrected chi connectivity index (χ3v) is 3.21. The molecule has 0 unspecified atom stereocenters. The second-order valence-electron chi connectivity index (χ2n) is 4.60. The molecule has 3 rings (SSSR count). The van der Waals surface area contributed by atoms with E-state index in [9.17, 15) is 4.79 Å². The summed E-state index contributed by atoms with van der Waals surface area (Å²) in [6, 6.07) is 17.1. The number of carbonyl (C=O) groups is 1. The van der Waals surface area contributed by atoms with Crippen molar-refractivity contribution in [2.45, 2.75) is 0 Å². The fourth-order valence-electron chi connectivity index (χ4n) is 2.13. The SMILES string of the molecule is COc1cc(C(=O)Nc2ccc3ccccc3c2)ccn1. The number of amides is 1. The zero-order valence-corrected chi connectivity index (χ0v) is 11.5. The number of hydrogen-bond donors (Lipinski definition) is 1. The van der Waals surface area contributed by atoms with Gasteiger partial charge in [0.25, 0.3) is 5.91 Å². The van der Waals surface area contributed by atoms with Gasteiger partial charge in [-0.2, -0.15) is 0 Å². The molecule has 0 saturated carbocycles. The van der Waals surface area contributed by atoms with Crippen LogP contribution in [0.25, 0.3) is 10.8 Å². The Balaban J connectivity index is 1.85. The van der Waals surface area contributed by atoms with Gasteiger partial charge in [-0.1, -0.05) is 30.3 Å². The first kappa shape index (κ1) is 13.1. The molecule has 1 N–H and O–H groups in total. The summed E-state index contributed by atoms with van der Waals surface area (Å²) in [5.74, 6) is 0.229. The van der Waals surface area contributed by atoms with Crippen LogP contribution in [0.1, 0.15) is 10.4 Å². The van der Waals surface area contributed by atoms with Crippen molar-refractivity contribution in [3.05, 3.63) is 66.4 Å². The van der Waals surface area contributed by atoms with Crippen LogP contribution < -0.4 is 10.1 Å². The maximum Gasteiger partial charge on any atom is 0.255 e. The molecule has 4 heteroatoms. The average molecular weight is 278 g/mol. The number of rotatable bonds is 3. The second-order valence-corrected chi connectivity index (χ2v) is 4.60. The third-order valence-electron chi connectivity index (χ3n) is 3.21. The molecule has 1 amide bonds. The summed E-state index contributed by atoms with van der Waals surface area (Å²) in [5.41, 5.74) is 1.27. The van der Waals surface area contributed by atoms with Gasteiger partial charge in [0.2, 0.25) is 5.88 Å². The third kappa shape index (κ3) is 2.84. The Morgan fingerprint density at radius 1 is 1.05 bits per heavy atom. The van der Waals surface area contributed by atoms with Crippen molar-refractivity contribution in [3.63, 3.8) is 0 Å². The summed E-state index contributed by atoms with van der Waals surface area (Å²) in [5, 5.41) is 5.11. The molecule has 0 fully saturated rings. The molecule has 0 radical (unpaired) electrons.